The molecule has 1 aliphatic rings. The first-order valence-corrected chi connectivity index (χ1v) is 8.55. The van der Waals surface area contributed by atoms with Gasteiger partial charge in [-0.3, -0.25) is 0 Å². The van der Waals surface area contributed by atoms with Gasteiger partial charge in [-0.1, -0.05) is 49.9 Å². The van der Waals surface area contributed by atoms with Crippen molar-refractivity contribution in [1.29, 1.82) is 0 Å². The summed E-state index contributed by atoms with van der Waals surface area (Å²) >= 11 is 6.05. The molecule has 0 amide bonds. The number of hydrogen-bond donors (Lipinski definition) is 1. The average Bonchev–Trinajstić information content (AvgIpc) is 2.63. The second-order valence-corrected chi connectivity index (χ2v) is 6.82. The molecule has 1 saturated carbocycles. The minimum Gasteiger partial charge on any atom is -0.311 e. The highest BCUT2D eigenvalue weighted by molar-refractivity contribution is 6.30. The summed E-state index contributed by atoms with van der Waals surface area (Å²) in [6.45, 7) is 4.63. The summed E-state index contributed by atoms with van der Waals surface area (Å²) in [5.41, 5.74) is 1.33. The summed E-state index contributed by atoms with van der Waals surface area (Å²) in [5.74, 6) is 0.963. The molecular formula is C18H28ClN. The molecule has 1 aromatic carbocycles. The molecule has 0 heterocycles. The van der Waals surface area contributed by atoms with E-state index in [9.17, 15) is 0 Å². The normalized spacial score (nSPS) is 25.1. The molecule has 20 heavy (non-hydrogen) atoms. The lowest BCUT2D eigenvalue weighted by Crippen LogP contribution is -2.37. The highest BCUT2D eigenvalue weighted by Crippen LogP contribution is 2.25. The van der Waals surface area contributed by atoms with Crippen LogP contribution in [0.3, 0.4) is 0 Å². The van der Waals surface area contributed by atoms with Gasteiger partial charge in [-0.05, 0) is 56.2 Å². The molecule has 1 aliphatic carbocycles. The van der Waals surface area contributed by atoms with Gasteiger partial charge in [0, 0.05) is 17.1 Å². The Hall–Kier alpha value is -0.530. The van der Waals surface area contributed by atoms with E-state index in [0.29, 0.717) is 12.1 Å². The van der Waals surface area contributed by atoms with Gasteiger partial charge in [0.15, 0.2) is 0 Å². The van der Waals surface area contributed by atoms with E-state index in [0.717, 1.165) is 17.4 Å². The molecule has 0 aromatic heterocycles. The van der Waals surface area contributed by atoms with E-state index in [2.05, 4.69) is 31.3 Å². The van der Waals surface area contributed by atoms with Crippen LogP contribution in [-0.2, 0) is 6.42 Å². The molecule has 0 aliphatic heterocycles. The lowest BCUT2D eigenvalue weighted by atomic mass is 9.97. The van der Waals surface area contributed by atoms with Crippen molar-refractivity contribution in [2.24, 2.45) is 5.92 Å². The first kappa shape index (κ1) is 15.9. The molecule has 2 rings (SSSR count). The standard InChI is InChI=1S/C18H28ClN/c1-3-15-6-5-9-18(11-10-15)20-14(2)12-16-7-4-8-17(19)13-16/h4,7-8,13-15,18,20H,3,5-6,9-12H2,1-2H3. The zero-order valence-corrected chi connectivity index (χ0v) is 13.6. The van der Waals surface area contributed by atoms with Crippen LogP contribution in [-0.4, -0.2) is 12.1 Å². The van der Waals surface area contributed by atoms with E-state index in [-0.39, 0.29) is 0 Å². The number of hydrogen-bond acceptors (Lipinski definition) is 1. The predicted molar refractivity (Wildman–Crippen MR) is 88.4 cm³/mol. The SMILES string of the molecule is CCC1CCCC(NC(C)Cc2cccc(Cl)c2)CC1. The van der Waals surface area contributed by atoms with Crippen LogP contribution in [0.25, 0.3) is 0 Å². The van der Waals surface area contributed by atoms with Crippen molar-refractivity contribution >= 4 is 11.6 Å². The molecule has 0 bridgehead atoms. The molecule has 1 N–H and O–H groups in total. The van der Waals surface area contributed by atoms with Gasteiger partial charge in [0.2, 0.25) is 0 Å². The van der Waals surface area contributed by atoms with Gasteiger partial charge in [-0.15, -0.1) is 0 Å². The molecule has 3 atom stereocenters. The third-order valence-corrected chi connectivity index (χ3v) is 4.85. The van der Waals surface area contributed by atoms with Crippen LogP contribution in [0, 0.1) is 5.92 Å². The fraction of sp³-hybridized carbons (Fsp3) is 0.667. The van der Waals surface area contributed by atoms with Crippen LogP contribution < -0.4 is 5.32 Å². The molecule has 3 unspecified atom stereocenters. The predicted octanol–water partition coefficient (Wildman–Crippen LogP) is 5.22. The smallest absolute Gasteiger partial charge is 0.0408 e. The lowest BCUT2D eigenvalue weighted by molar-refractivity contribution is 0.394. The minimum absolute atomic E-state index is 0.525. The molecular weight excluding hydrogens is 266 g/mol. The Labute approximate surface area is 129 Å². The fourth-order valence-corrected chi connectivity index (χ4v) is 3.65. The van der Waals surface area contributed by atoms with Crippen LogP contribution >= 0.6 is 11.6 Å². The highest BCUT2D eigenvalue weighted by Gasteiger charge is 2.19. The Balaban J connectivity index is 1.80. The topological polar surface area (TPSA) is 12.0 Å². The van der Waals surface area contributed by atoms with E-state index < -0.39 is 0 Å². The average molecular weight is 294 g/mol. The molecule has 112 valence electrons. The molecule has 1 aromatic rings. The van der Waals surface area contributed by atoms with Gasteiger partial charge in [0.05, 0.1) is 0 Å². The van der Waals surface area contributed by atoms with Gasteiger partial charge in [-0.25, -0.2) is 0 Å². The number of nitrogens with one attached hydrogen (secondary N) is 1. The maximum Gasteiger partial charge on any atom is 0.0408 e. The maximum atomic E-state index is 6.05. The quantitative estimate of drug-likeness (QED) is 0.734. The Morgan fingerprint density at radius 2 is 2.10 bits per heavy atom. The number of benzene rings is 1. The molecule has 2 heteroatoms. The maximum absolute atomic E-state index is 6.05. The second-order valence-electron chi connectivity index (χ2n) is 6.38. The largest absolute Gasteiger partial charge is 0.311 e. The summed E-state index contributed by atoms with van der Waals surface area (Å²) in [4.78, 5) is 0. The monoisotopic (exact) mass is 293 g/mol. The molecule has 1 nitrogen and oxygen atoms in total. The van der Waals surface area contributed by atoms with Gasteiger partial charge in [0.1, 0.15) is 0 Å². The van der Waals surface area contributed by atoms with Crippen molar-refractivity contribution in [3.63, 3.8) is 0 Å². The lowest BCUT2D eigenvalue weighted by Gasteiger charge is -2.22. The van der Waals surface area contributed by atoms with Gasteiger partial charge >= 0.3 is 0 Å². The zero-order chi connectivity index (χ0) is 14.4. The first-order chi connectivity index (χ1) is 9.67. The van der Waals surface area contributed by atoms with E-state index in [1.54, 1.807) is 0 Å². The number of rotatable bonds is 5. The van der Waals surface area contributed by atoms with Gasteiger partial charge in [-0.2, -0.15) is 0 Å². The van der Waals surface area contributed by atoms with Crippen molar-refractivity contribution in [3.8, 4) is 0 Å². The Morgan fingerprint density at radius 1 is 1.25 bits per heavy atom. The van der Waals surface area contributed by atoms with Crippen LogP contribution in [0.2, 0.25) is 5.02 Å². The Bertz CT molecular complexity index is 404. The van der Waals surface area contributed by atoms with Crippen LogP contribution in [0.5, 0.6) is 0 Å². The van der Waals surface area contributed by atoms with Crippen molar-refractivity contribution in [3.05, 3.63) is 34.9 Å². The Morgan fingerprint density at radius 3 is 2.85 bits per heavy atom. The molecule has 1 fully saturated rings. The third-order valence-electron chi connectivity index (χ3n) is 4.62. The minimum atomic E-state index is 0.525. The van der Waals surface area contributed by atoms with Crippen LogP contribution in [0.4, 0.5) is 0 Å². The van der Waals surface area contributed by atoms with Gasteiger partial charge in [0.25, 0.3) is 0 Å². The second kappa shape index (κ2) is 8.05. The summed E-state index contributed by atoms with van der Waals surface area (Å²) in [7, 11) is 0. The van der Waals surface area contributed by atoms with Crippen molar-refractivity contribution in [1.82, 2.24) is 5.32 Å². The molecule has 0 saturated heterocycles. The molecule has 0 spiro atoms. The summed E-state index contributed by atoms with van der Waals surface area (Å²) < 4.78 is 0. The number of halogens is 1. The Kier molecular flexibility index (Phi) is 6.38. The summed E-state index contributed by atoms with van der Waals surface area (Å²) in [6.07, 6.45) is 9.32. The summed E-state index contributed by atoms with van der Waals surface area (Å²) in [5, 5.41) is 4.67. The van der Waals surface area contributed by atoms with E-state index in [1.165, 1.54) is 44.1 Å². The third kappa shape index (κ3) is 5.10. The van der Waals surface area contributed by atoms with E-state index in [4.69, 9.17) is 11.6 Å². The zero-order valence-electron chi connectivity index (χ0n) is 12.9. The first-order valence-electron chi connectivity index (χ1n) is 8.18. The molecule has 0 radical (unpaired) electrons. The van der Waals surface area contributed by atoms with Crippen molar-refractivity contribution < 1.29 is 0 Å². The van der Waals surface area contributed by atoms with E-state index >= 15 is 0 Å². The van der Waals surface area contributed by atoms with Crippen molar-refractivity contribution in [2.75, 3.05) is 0 Å². The fourth-order valence-electron chi connectivity index (χ4n) is 3.43. The highest BCUT2D eigenvalue weighted by atomic mass is 35.5. The van der Waals surface area contributed by atoms with Crippen LogP contribution in [0.15, 0.2) is 24.3 Å². The van der Waals surface area contributed by atoms with E-state index in [1.807, 2.05) is 12.1 Å². The van der Waals surface area contributed by atoms with Crippen molar-refractivity contribution in [2.45, 2.75) is 70.9 Å². The van der Waals surface area contributed by atoms with Gasteiger partial charge < -0.3 is 5.32 Å². The van der Waals surface area contributed by atoms with Crippen LogP contribution in [0.1, 0.15) is 57.9 Å². The summed E-state index contributed by atoms with van der Waals surface area (Å²) in [6, 6.07) is 9.48.